The number of ether oxygens (including phenoxy) is 4. The van der Waals surface area contributed by atoms with Gasteiger partial charge in [-0.1, -0.05) is 178 Å². The van der Waals surface area contributed by atoms with E-state index < -0.39 is 30.3 Å². The molecule has 0 aromatic carbocycles. The van der Waals surface area contributed by atoms with Gasteiger partial charge in [0.1, 0.15) is 13.2 Å². The van der Waals surface area contributed by atoms with Crippen LogP contribution in [0.1, 0.15) is 142 Å². The van der Waals surface area contributed by atoms with Crippen LogP contribution in [-0.2, 0) is 33.3 Å². The van der Waals surface area contributed by atoms with Crippen molar-refractivity contribution >= 4 is 17.9 Å². The zero-order valence-corrected chi connectivity index (χ0v) is 43.4. The van der Waals surface area contributed by atoms with Crippen LogP contribution in [-0.4, -0.2) is 87.4 Å². The van der Waals surface area contributed by atoms with Crippen LogP contribution in [0.5, 0.6) is 0 Å². The summed E-state index contributed by atoms with van der Waals surface area (Å²) in [6.07, 6.45) is 70.4. The third-order valence-electron chi connectivity index (χ3n) is 9.79. The zero-order valence-electron chi connectivity index (χ0n) is 43.4. The van der Waals surface area contributed by atoms with Crippen molar-refractivity contribution in [2.45, 2.75) is 155 Å². The van der Waals surface area contributed by atoms with Crippen molar-refractivity contribution in [3.8, 4) is 0 Å². The zero-order chi connectivity index (χ0) is 50.6. The number of allylic oxidation sites excluding steroid dienone is 26. The highest BCUT2D eigenvalue weighted by molar-refractivity contribution is 5.71. The molecule has 69 heavy (non-hydrogen) atoms. The Kier molecular flexibility index (Phi) is 45.7. The third kappa shape index (κ3) is 50.6. The molecule has 9 nitrogen and oxygen atoms in total. The summed E-state index contributed by atoms with van der Waals surface area (Å²) in [5.74, 6) is -2.19. The smallest absolute Gasteiger partial charge is 0.361 e. The molecule has 0 aliphatic carbocycles. The van der Waals surface area contributed by atoms with Crippen LogP contribution in [0.3, 0.4) is 0 Å². The molecule has 0 saturated heterocycles. The lowest BCUT2D eigenvalue weighted by Crippen LogP contribution is -2.40. The topological polar surface area (TPSA) is 108 Å². The van der Waals surface area contributed by atoms with Gasteiger partial charge in [-0.15, -0.1) is 0 Å². The molecule has 0 aromatic heterocycles. The van der Waals surface area contributed by atoms with Gasteiger partial charge in [-0.25, -0.2) is 4.79 Å². The van der Waals surface area contributed by atoms with Gasteiger partial charge in [0, 0.05) is 12.8 Å². The van der Waals surface area contributed by atoms with Gasteiger partial charge >= 0.3 is 17.9 Å². The number of likely N-dealkylation sites (N-methyl/N-ethyl adjacent to an activating group) is 1. The van der Waals surface area contributed by atoms with E-state index in [0.717, 1.165) is 103 Å². The SMILES string of the molecule is CC/C=C\C/C=C\C/C=C\C/C=C\C/C=C\C/C=C\C/C=C\CCCCCC(=O)OC(COC(=O)CC/C=C\C/C=C\C/C=C\C/C=C\C/C=C\C/C=C\CC)COC(OCC[N+](C)(C)C)C(=O)O. The molecule has 0 aromatic rings. The summed E-state index contributed by atoms with van der Waals surface area (Å²) in [5.41, 5.74) is 0. The first kappa shape index (κ1) is 63.9. The number of nitrogens with zero attached hydrogens (tertiary/aromatic N) is 1. The number of hydrogen-bond donors (Lipinski definition) is 1. The van der Waals surface area contributed by atoms with Crippen LogP contribution in [0.4, 0.5) is 0 Å². The van der Waals surface area contributed by atoms with E-state index in [4.69, 9.17) is 18.9 Å². The van der Waals surface area contributed by atoms with Crippen molar-refractivity contribution in [2.24, 2.45) is 0 Å². The molecule has 9 heteroatoms. The first-order chi connectivity index (χ1) is 33.6. The molecule has 0 aliphatic rings. The first-order valence-electron chi connectivity index (χ1n) is 25.6. The van der Waals surface area contributed by atoms with Gasteiger partial charge in [0.2, 0.25) is 0 Å². The summed E-state index contributed by atoms with van der Waals surface area (Å²) in [4.78, 5) is 37.3. The Hall–Kier alpha value is -5.09. The summed E-state index contributed by atoms with van der Waals surface area (Å²) in [7, 11) is 5.91. The average Bonchev–Trinajstić information content (AvgIpc) is 3.31. The van der Waals surface area contributed by atoms with E-state index in [2.05, 4.69) is 160 Å². The Morgan fingerprint density at radius 1 is 0.435 bits per heavy atom. The minimum Gasteiger partial charge on any atom is -0.477 e. The van der Waals surface area contributed by atoms with E-state index >= 15 is 0 Å². The van der Waals surface area contributed by atoms with Crippen molar-refractivity contribution in [1.82, 2.24) is 0 Å². The molecule has 0 bridgehead atoms. The van der Waals surface area contributed by atoms with Crippen molar-refractivity contribution in [3.63, 3.8) is 0 Å². The summed E-state index contributed by atoms with van der Waals surface area (Å²) < 4.78 is 22.7. The number of rotatable bonds is 44. The fourth-order valence-corrected chi connectivity index (χ4v) is 5.90. The van der Waals surface area contributed by atoms with Gasteiger partial charge in [-0.2, -0.15) is 0 Å². The molecule has 2 atom stereocenters. The van der Waals surface area contributed by atoms with Gasteiger partial charge in [0.15, 0.2) is 6.10 Å². The highest BCUT2D eigenvalue weighted by Crippen LogP contribution is 2.10. The number of unbranched alkanes of at least 4 members (excludes halogenated alkanes) is 3. The minimum atomic E-state index is -1.55. The number of quaternary nitrogens is 1. The van der Waals surface area contributed by atoms with Crippen LogP contribution < -0.4 is 0 Å². The predicted molar refractivity (Wildman–Crippen MR) is 290 cm³/mol. The molecule has 2 unspecified atom stereocenters. The number of hydrogen-bond acceptors (Lipinski definition) is 7. The Morgan fingerprint density at radius 2 is 0.812 bits per heavy atom. The first-order valence-corrected chi connectivity index (χ1v) is 25.6. The number of carbonyl (C=O) groups is 3. The van der Waals surface area contributed by atoms with E-state index in [9.17, 15) is 19.5 Å². The third-order valence-corrected chi connectivity index (χ3v) is 9.79. The fourth-order valence-electron chi connectivity index (χ4n) is 5.90. The summed E-state index contributed by atoms with van der Waals surface area (Å²) in [6, 6.07) is 0. The Morgan fingerprint density at radius 3 is 1.19 bits per heavy atom. The second-order valence-electron chi connectivity index (χ2n) is 17.4. The summed E-state index contributed by atoms with van der Waals surface area (Å²) in [6.45, 7) is 4.47. The Bertz CT molecular complexity index is 1680. The van der Waals surface area contributed by atoms with Crippen LogP contribution >= 0.6 is 0 Å². The fraction of sp³-hybridized carbons (Fsp3) is 0.517. The molecule has 0 saturated carbocycles. The lowest BCUT2D eigenvalue weighted by molar-refractivity contribution is -0.870. The van der Waals surface area contributed by atoms with Crippen molar-refractivity contribution in [3.05, 3.63) is 158 Å². The van der Waals surface area contributed by atoms with Crippen LogP contribution in [0.15, 0.2) is 158 Å². The highest BCUT2D eigenvalue weighted by atomic mass is 16.7. The van der Waals surface area contributed by atoms with Crippen molar-refractivity contribution in [1.29, 1.82) is 0 Å². The van der Waals surface area contributed by atoms with Gasteiger partial charge in [-0.05, 0) is 109 Å². The maximum atomic E-state index is 12.8. The van der Waals surface area contributed by atoms with Crippen molar-refractivity contribution < 1.29 is 42.9 Å². The van der Waals surface area contributed by atoms with Gasteiger partial charge < -0.3 is 28.5 Å². The molecule has 0 amide bonds. The van der Waals surface area contributed by atoms with Gasteiger partial charge in [-0.3, -0.25) is 9.59 Å². The number of carboxylic acids is 1. The molecular weight excluding hydrogens is 863 g/mol. The minimum absolute atomic E-state index is 0.158. The van der Waals surface area contributed by atoms with E-state index in [0.29, 0.717) is 23.9 Å². The number of carbonyl (C=O) groups excluding carboxylic acids is 2. The molecule has 0 radical (unpaired) electrons. The maximum Gasteiger partial charge on any atom is 0.361 e. The molecule has 0 rings (SSSR count). The quantitative estimate of drug-likeness (QED) is 0.0211. The molecule has 0 spiro atoms. The molecular formula is C60H92NO8+. The number of aliphatic carboxylic acids is 1. The second-order valence-corrected chi connectivity index (χ2v) is 17.4. The lowest BCUT2D eigenvalue weighted by Gasteiger charge is -2.25. The second kappa shape index (κ2) is 49.3. The largest absolute Gasteiger partial charge is 0.477 e. The molecule has 1 N–H and O–H groups in total. The monoisotopic (exact) mass is 955 g/mol. The van der Waals surface area contributed by atoms with E-state index in [1.165, 1.54) is 0 Å². The van der Waals surface area contributed by atoms with Crippen LogP contribution in [0.25, 0.3) is 0 Å². The van der Waals surface area contributed by atoms with Crippen molar-refractivity contribution in [2.75, 3.05) is 47.5 Å². The number of esters is 2. The lowest BCUT2D eigenvalue weighted by atomic mass is 10.1. The van der Waals surface area contributed by atoms with Gasteiger partial charge in [0.25, 0.3) is 6.29 Å². The maximum absolute atomic E-state index is 12.8. The molecule has 0 aliphatic heterocycles. The van der Waals surface area contributed by atoms with Crippen LogP contribution in [0.2, 0.25) is 0 Å². The van der Waals surface area contributed by atoms with E-state index in [1.807, 2.05) is 33.3 Å². The standard InChI is InChI=1S/C60H91NO8/c1-6-8-10-12-14-16-18-20-22-24-26-27-28-29-30-31-33-35-37-39-41-43-45-47-49-51-58(63)69-56(55-68-60(59(64)65)66-53-52-61(3,4)5)54-67-57(62)50-48-46-44-42-40-38-36-34-32-25-23-21-19-17-15-13-11-9-7-2/h8-11,14-17,20-23,26-27,29-30,32-35,38-41,44,46,56,60H,6-7,12-13,18-19,24-25,28,31,36-37,42-43,45,47-55H2,1-5H3/p+1/b10-8-,11-9-,16-14-,17-15-,22-20-,23-21-,27-26-,30-29-,34-32-,35-33-,40-38-,41-39-,46-44-. The normalized spacial score (nSPS) is 14.2. The van der Waals surface area contributed by atoms with E-state index in [1.54, 1.807) is 0 Å². The Labute approximate surface area is 419 Å². The average molecular weight is 955 g/mol. The summed E-state index contributed by atoms with van der Waals surface area (Å²) >= 11 is 0. The number of carboxylic acid groups (broad SMARTS) is 1. The molecule has 0 heterocycles. The predicted octanol–water partition coefficient (Wildman–Crippen LogP) is 14.7. The molecule has 384 valence electrons. The molecule has 0 fully saturated rings. The highest BCUT2D eigenvalue weighted by Gasteiger charge is 2.25. The summed E-state index contributed by atoms with van der Waals surface area (Å²) in [5, 5.41) is 9.67. The van der Waals surface area contributed by atoms with Crippen LogP contribution in [0, 0.1) is 0 Å². The Balaban J connectivity index is 4.57. The van der Waals surface area contributed by atoms with E-state index in [-0.39, 0.29) is 32.7 Å². The van der Waals surface area contributed by atoms with Gasteiger partial charge in [0.05, 0.1) is 34.4 Å².